The second kappa shape index (κ2) is 6.82. The molecule has 0 heterocycles. The molecule has 2 N–H and O–H groups in total. The van der Waals surface area contributed by atoms with Gasteiger partial charge in [-0.1, -0.05) is 23.8 Å². The van der Waals surface area contributed by atoms with Gasteiger partial charge in [-0.15, -0.1) is 11.8 Å². The number of ether oxygens (including phenoxy) is 1. The molecule has 0 aromatic heterocycles. The maximum atomic E-state index is 6.30. The van der Waals surface area contributed by atoms with Crippen LogP contribution in [0.1, 0.15) is 22.7 Å². The summed E-state index contributed by atoms with van der Waals surface area (Å²) in [6, 6.07) is 14.7. The molecule has 2 aromatic rings. The van der Waals surface area contributed by atoms with Crippen molar-refractivity contribution in [2.24, 2.45) is 5.73 Å². The molecule has 0 amide bonds. The van der Waals surface area contributed by atoms with Gasteiger partial charge in [0.1, 0.15) is 5.75 Å². The molecule has 0 aliphatic rings. The zero-order valence-corrected chi connectivity index (χ0v) is 13.0. The summed E-state index contributed by atoms with van der Waals surface area (Å²) in [6.07, 6.45) is 0. The van der Waals surface area contributed by atoms with E-state index >= 15 is 0 Å². The maximum absolute atomic E-state index is 6.30. The summed E-state index contributed by atoms with van der Waals surface area (Å²) < 4.78 is 5.22. The minimum Gasteiger partial charge on any atom is -0.497 e. The standard InChI is InChI=1S/C17H21NOS/c1-12-4-7-15(8-5-12)20-11-17(18)16-9-6-14(19-3)10-13(16)2/h4-10,17H,11,18H2,1-3H3. The van der Waals surface area contributed by atoms with Crippen LogP contribution in [0.4, 0.5) is 0 Å². The van der Waals surface area contributed by atoms with Crippen molar-refractivity contribution in [3.8, 4) is 5.75 Å². The Balaban J connectivity index is 2.01. The van der Waals surface area contributed by atoms with Gasteiger partial charge in [-0.05, 0) is 49.2 Å². The van der Waals surface area contributed by atoms with Crippen LogP contribution in [0.2, 0.25) is 0 Å². The van der Waals surface area contributed by atoms with Crippen LogP contribution in [0, 0.1) is 13.8 Å². The van der Waals surface area contributed by atoms with E-state index in [0.29, 0.717) is 0 Å². The Morgan fingerprint density at radius 2 is 1.80 bits per heavy atom. The Hall–Kier alpha value is -1.45. The van der Waals surface area contributed by atoms with Crippen molar-refractivity contribution in [1.29, 1.82) is 0 Å². The molecule has 1 atom stereocenters. The molecule has 2 aromatic carbocycles. The van der Waals surface area contributed by atoms with Gasteiger partial charge in [-0.2, -0.15) is 0 Å². The number of hydrogen-bond acceptors (Lipinski definition) is 3. The smallest absolute Gasteiger partial charge is 0.119 e. The van der Waals surface area contributed by atoms with Gasteiger partial charge in [-0.25, -0.2) is 0 Å². The van der Waals surface area contributed by atoms with Crippen molar-refractivity contribution in [1.82, 2.24) is 0 Å². The van der Waals surface area contributed by atoms with Gasteiger partial charge in [0.25, 0.3) is 0 Å². The topological polar surface area (TPSA) is 35.2 Å². The molecule has 0 saturated heterocycles. The predicted molar refractivity (Wildman–Crippen MR) is 86.6 cm³/mol. The highest BCUT2D eigenvalue weighted by Crippen LogP contribution is 2.27. The van der Waals surface area contributed by atoms with E-state index in [4.69, 9.17) is 10.5 Å². The second-order valence-corrected chi connectivity index (χ2v) is 6.05. The normalized spacial score (nSPS) is 12.2. The minimum atomic E-state index is 0.0345. The summed E-state index contributed by atoms with van der Waals surface area (Å²) in [5.74, 6) is 1.75. The van der Waals surface area contributed by atoms with Crippen molar-refractivity contribution in [2.45, 2.75) is 24.8 Å². The van der Waals surface area contributed by atoms with Gasteiger partial charge in [0.2, 0.25) is 0 Å². The molecule has 2 nitrogen and oxygen atoms in total. The third kappa shape index (κ3) is 3.78. The average Bonchev–Trinajstić information content (AvgIpc) is 2.46. The molecule has 1 unspecified atom stereocenters. The molecule has 0 fully saturated rings. The first-order valence-corrected chi connectivity index (χ1v) is 7.68. The molecular weight excluding hydrogens is 266 g/mol. The van der Waals surface area contributed by atoms with E-state index in [2.05, 4.69) is 44.2 Å². The third-order valence-corrected chi connectivity index (χ3v) is 4.46. The number of benzene rings is 2. The first-order valence-electron chi connectivity index (χ1n) is 6.69. The fraction of sp³-hybridized carbons (Fsp3) is 0.294. The lowest BCUT2D eigenvalue weighted by molar-refractivity contribution is 0.414. The van der Waals surface area contributed by atoms with Crippen molar-refractivity contribution >= 4 is 11.8 Å². The summed E-state index contributed by atoms with van der Waals surface area (Å²) in [4.78, 5) is 1.26. The Labute approximate surface area is 125 Å². The van der Waals surface area contributed by atoms with Crippen LogP contribution in [-0.4, -0.2) is 12.9 Å². The fourth-order valence-corrected chi connectivity index (χ4v) is 2.98. The van der Waals surface area contributed by atoms with Gasteiger partial charge in [0.05, 0.1) is 7.11 Å². The molecule has 106 valence electrons. The summed E-state index contributed by atoms with van der Waals surface area (Å²) in [5.41, 5.74) is 9.95. The molecular formula is C17H21NOS. The summed E-state index contributed by atoms with van der Waals surface area (Å²) in [6.45, 7) is 4.18. The number of thioether (sulfide) groups is 1. The number of nitrogens with two attached hydrogens (primary N) is 1. The molecule has 0 aliphatic carbocycles. The Kier molecular flexibility index (Phi) is 5.10. The first kappa shape index (κ1) is 14.9. The lowest BCUT2D eigenvalue weighted by Gasteiger charge is -2.15. The number of hydrogen-bond donors (Lipinski definition) is 1. The van der Waals surface area contributed by atoms with Crippen LogP contribution in [0.15, 0.2) is 47.4 Å². The second-order valence-electron chi connectivity index (χ2n) is 4.95. The summed E-state index contributed by atoms with van der Waals surface area (Å²) in [5, 5.41) is 0. The van der Waals surface area contributed by atoms with E-state index in [1.165, 1.54) is 21.6 Å². The van der Waals surface area contributed by atoms with Crippen molar-refractivity contribution < 1.29 is 4.74 Å². The van der Waals surface area contributed by atoms with Gasteiger partial charge >= 0.3 is 0 Å². The average molecular weight is 287 g/mol. The zero-order valence-electron chi connectivity index (χ0n) is 12.2. The molecule has 0 radical (unpaired) electrons. The van der Waals surface area contributed by atoms with E-state index in [-0.39, 0.29) is 6.04 Å². The zero-order chi connectivity index (χ0) is 14.5. The van der Waals surface area contributed by atoms with Gasteiger partial charge < -0.3 is 10.5 Å². The Morgan fingerprint density at radius 3 is 2.40 bits per heavy atom. The number of aryl methyl sites for hydroxylation is 2. The fourth-order valence-electron chi connectivity index (χ4n) is 2.10. The maximum Gasteiger partial charge on any atom is 0.119 e. The van der Waals surface area contributed by atoms with Gasteiger partial charge in [-0.3, -0.25) is 0 Å². The quantitative estimate of drug-likeness (QED) is 0.841. The monoisotopic (exact) mass is 287 g/mol. The predicted octanol–water partition coefficient (Wildman–Crippen LogP) is 4.10. The van der Waals surface area contributed by atoms with E-state index in [1.807, 2.05) is 12.1 Å². The van der Waals surface area contributed by atoms with E-state index in [1.54, 1.807) is 18.9 Å². The molecule has 0 spiro atoms. The molecule has 3 heteroatoms. The van der Waals surface area contributed by atoms with Crippen molar-refractivity contribution in [2.75, 3.05) is 12.9 Å². The Morgan fingerprint density at radius 1 is 1.10 bits per heavy atom. The highest BCUT2D eigenvalue weighted by Gasteiger charge is 2.10. The third-order valence-electron chi connectivity index (χ3n) is 3.33. The van der Waals surface area contributed by atoms with Gasteiger partial charge in [0.15, 0.2) is 0 Å². The SMILES string of the molecule is COc1ccc(C(N)CSc2ccc(C)cc2)c(C)c1. The number of rotatable bonds is 5. The van der Waals surface area contributed by atoms with E-state index < -0.39 is 0 Å². The summed E-state index contributed by atoms with van der Waals surface area (Å²) >= 11 is 1.79. The largest absolute Gasteiger partial charge is 0.497 e. The highest BCUT2D eigenvalue weighted by molar-refractivity contribution is 7.99. The molecule has 0 saturated carbocycles. The number of methoxy groups -OCH3 is 1. The first-order chi connectivity index (χ1) is 9.60. The van der Waals surface area contributed by atoms with Crippen LogP contribution in [0.25, 0.3) is 0 Å². The van der Waals surface area contributed by atoms with Crippen LogP contribution in [-0.2, 0) is 0 Å². The minimum absolute atomic E-state index is 0.0345. The highest BCUT2D eigenvalue weighted by atomic mass is 32.2. The van der Waals surface area contributed by atoms with Crippen LogP contribution in [0.5, 0.6) is 5.75 Å². The Bertz CT molecular complexity index is 566. The lowest BCUT2D eigenvalue weighted by atomic mass is 10.0. The van der Waals surface area contributed by atoms with Crippen molar-refractivity contribution in [3.63, 3.8) is 0 Å². The van der Waals surface area contributed by atoms with Gasteiger partial charge in [0, 0.05) is 16.7 Å². The van der Waals surface area contributed by atoms with E-state index in [0.717, 1.165) is 11.5 Å². The molecule has 20 heavy (non-hydrogen) atoms. The molecule has 0 aliphatic heterocycles. The van der Waals surface area contributed by atoms with E-state index in [9.17, 15) is 0 Å². The molecule has 0 bridgehead atoms. The molecule has 2 rings (SSSR count). The van der Waals surface area contributed by atoms with Crippen molar-refractivity contribution in [3.05, 3.63) is 59.2 Å². The summed E-state index contributed by atoms with van der Waals surface area (Å²) in [7, 11) is 1.68. The van der Waals surface area contributed by atoms with Crippen LogP contribution in [0.3, 0.4) is 0 Å². The van der Waals surface area contributed by atoms with Crippen LogP contribution < -0.4 is 10.5 Å². The lowest BCUT2D eigenvalue weighted by Crippen LogP contribution is -2.14. The van der Waals surface area contributed by atoms with Crippen LogP contribution >= 0.6 is 11.8 Å².